The summed E-state index contributed by atoms with van der Waals surface area (Å²) in [7, 11) is 1.98. The molecule has 0 saturated carbocycles. The van der Waals surface area contributed by atoms with Crippen molar-refractivity contribution in [1.29, 1.82) is 0 Å². The summed E-state index contributed by atoms with van der Waals surface area (Å²) < 4.78 is 12.9. The third kappa shape index (κ3) is 4.09. The van der Waals surface area contributed by atoms with Crippen molar-refractivity contribution < 1.29 is 4.39 Å². The first-order valence-electron chi connectivity index (χ1n) is 6.87. The number of hydrogen-bond donors (Lipinski definition) is 1. The third-order valence-electron chi connectivity index (χ3n) is 3.34. The molecule has 0 heterocycles. The summed E-state index contributed by atoms with van der Waals surface area (Å²) in [6, 6.07) is 15.7. The van der Waals surface area contributed by atoms with E-state index >= 15 is 0 Å². The van der Waals surface area contributed by atoms with Gasteiger partial charge in [0.1, 0.15) is 5.82 Å². The molecule has 1 atom stereocenters. The molecule has 0 aromatic heterocycles. The summed E-state index contributed by atoms with van der Waals surface area (Å²) in [4.78, 5) is 1.10. The van der Waals surface area contributed by atoms with E-state index in [1.165, 1.54) is 23.3 Å². The Hall–Kier alpha value is -1.32. The maximum atomic E-state index is 12.9. The van der Waals surface area contributed by atoms with Gasteiger partial charge < -0.3 is 5.32 Å². The average molecular weight is 289 g/mol. The number of thioether (sulfide) groups is 1. The summed E-state index contributed by atoms with van der Waals surface area (Å²) in [5.41, 5.74) is 2.66. The van der Waals surface area contributed by atoms with Crippen LogP contribution in [-0.4, -0.2) is 12.8 Å². The molecule has 0 spiro atoms. The second-order valence-corrected chi connectivity index (χ2v) is 5.80. The van der Waals surface area contributed by atoms with Gasteiger partial charge in [0.05, 0.1) is 0 Å². The minimum absolute atomic E-state index is 0.185. The molecule has 0 amide bonds. The van der Waals surface area contributed by atoms with Crippen LogP contribution in [0.25, 0.3) is 0 Å². The van der Waals surface area contributed by atoms with Crippen LogP contribution in [0.15, 0.2) is 53.4 Å². The lowest BCUT2D eigenvalue weighted by Gasteiger charge is -2.17. The third-order valence-corrected chi connectivity index (χ3v) is 4.45. The van der Waals surface area contributed by atoms with Crippen LogP contribution in [0.5, 0.6) is 0 Å². The van der Waals surface area contributed by atoms with Crippen LogP contribution in [0.3, 0.4) is 0 Å². The predicted molar refractivity (Wildman–Crippen MR) is 84.7 cm³/mol. The number of nitrogens with one attached hydrogen (secondary N) is 1. The van der Waals surface area contributed by atoms with Crippen LogP contribution in [0.1, 0.15) is 24.1 Å². The Morgan fingerprint density at radius 1 is 1.15 bits per heavy atom. The van der Waals surface area contributed by atoms with Crippen LogP contribution < -0.4 is 5.32 Å². The van der Waals surface area contributed by atoms with Crippen molar-refractivity contribution in [3.05, 3.63) is 65.5 Å². The Balaban J connectivity index is 2.03. The fourth-order valence-electron chi connectivity index (χ4n) is 2.09. The van der Waals surface area contributed by atoms with Crippen LogP contribution in [0.2, 0.25) is 0 Å². The van der Waals surface area contributed by atoms with Crippen molar-refractivity contribution in [1.82, 2.24) is 5.32 Å². The van der Waals surface area contributed by atoms with Gasteiger partial charge in [0.2, 0.25) is 0 Å². The molecule has 20 heavy (non-hydrogen) atoms. The van der Waals surface area contributed by atoms with Crippen molar-refractivity contribution in [2.75, 3.05) is 12.8 Å². The quantitative estimate of drug-likeness (QED) is 0.789. The van der Waals surface area contributed by atoms with E-state index in [-0.39, 0.29) is 5.82 Å². The lowest BCUT2D eigenvalue weighted by atomic mass is 10.0. The van der Waals surface area contributed by atoms with Crippen molar-refractivity contribution in [2.45, 2.75) is 24.3 Å². The van der Waals surface area contributed by atoms with Crippen LogP contribution in [0.4, 0.5) is 4.39 Å². The molecule has 106 valence electrons. The molecule has 1 nitrogen and oxygen atoms in total. The highest BCUT2D eigenvalue weighted by atomic mass is 32.2. The molecule has 0 fully saturated rings. The Bertz CT molecular complexity index is 539. The van der Waals surface area contributed by atoms with Gasteiger partial charge in [-0.05, 0) is 48.9 Å². The monoisotopic (exact) mass is 289 g/mol. The summed E-state index contributed by atoms with van der Waals surface area (Å²) in [5, 5.41) is 3.36. The molecule has 0 bridgehead atoms. The molecule has 0 radical (unpaired) electrons. The molecule has 2 aromatic carbocycles. The number of halogens is 1. The lowest BCUT2D eigenvalue weighted by Crippen LogP contribution is -2.18. The molecule has 0 aliphatic rings. The lowest BCUT2D eigenvalue weighted by molar-refractivity contribution is 0.626. The first kappa shape index (κ1) is 15.1. The van der Waals surface area contributed by atoms with Crippen LogP contribution in [-0.2, 0) is 6.42 Å². The van der Waals surface area contributed by atoms with Gasteiger partial charge in [-0.3, -0.25) is 0 Å². The van der Waals surface area contributed by atoms with Gasteiger partial charge in [-0.15, -0.1) is 11.8 Å². The second-order valence-electron chi connectivity index (χ2n) is 4.70. The normalized spacial score (nSPS) is 12.3. The van der Waals surface area contributed by atoms with E-state index < -0.39 is 0 Å². The number of aryl methyl sites for hydroxylation is 1. The summed E-state index contributed by atoms with van der Waals surface area (Å²) in [5.74, 6) is 0.741. The largest absolute Gasteiger partial charge is 0.312 e. The number of benzene rings is 2. The van der Waals surface area contributed by atoms with Crippen molar-refractivity contribution in [3.8, 4) is 0 Å². The molecule has 3 heteroatoms. The molecule has 2 rings (SSSR count). The van der Waals surface area contributed by atoms with Crippen molar-refractivity contribution >= 4 is 11.8 Å². The SMILES string of the molecule is CCc1cccc(C(CSc2ccc(F)cc2)NC)c1. The molecule has 1 unspecified atom stereocenters. The fourth-order valence-corrected chi connectivity index (χ4v) is 3.13. The Morgan fingerprint density at radius 2 is 1.90 bits per heavy atom. The van der Waals surface area contributed by atoms with Crippen LogP contribution >= 0.6 is 11.8 Å². The van der Waals surface area contributed by atoms with E-state index in [9.17, 15) is 4.39 Å². The number of rotatable bonds is 6. The zero-order valence-corrected chi connectivity index (χ0v) is 12.7. The molecule has 1 N–H and O–H groups in total. The van der Waals surface area contributed by atoms with Gasteiger partial charge in [-0.2, -0.15) is 0 Å². The Kier molecular flexibility index (Phi) is 5.62. The maximum Gasteiger partial charge on any atom is 0.123 e. The van der Waals surface area contributed by atoms with Crippen molar-refractivity contribution in [3.63, 3.8) is 0 Å². The number of hydrogen-bond acceptors (Lipinski definition) is 2. The van der Waals surface area contributed by atoms with Gasteiger partial charge in [-0.25, -0.2) is 4.39 Å². The highest BCUT2D eigenvalue weighted by Crippen LogP contribution is 2.25. The smallest absolute Gasteiger partial charge is 0.123 e. The van der Waals surface area contributed by atoms with E-state index in [2.05, 4.69) is 36.5 Å². The Labute approximate surface area is 124 Å². The van der Waals surface area contributed by atoms with E-state index in [4.69, 9.17) is 0 Å². The van der Waals surface area contributed by atoms with E-state index in [0.29, 0.717) is 6.04 Å². The van der Waals surface area contributed by atoms with Gasteiger partial charge in [0.25, 0.3) is 0 Å². The molecular formula is C17H20FNS. The summed E-state index contributed by atoms with van der Waals surface area (Å²) >= 11 is 1.74. The van der Waals surface area contributed by atoms with Gasteiger partial charge in [0, 0.05) is 16.7 Å². The fraction of sp³-hybridized carbons (Fsp3) is 0.294. The standard InChI is InChI=1S/C17H20FNS/c1-3-13-5-4-6-14(11-13)17(19-2)12-20-16-9-7-15(18)8-10-16/h4-11,17,19H,3,12H2,1-2H3. The first-order chi connectivity index (χ1) is 9.72. The zero-order chi connectivity index (χ0) is 14.4. The molecule has 0 aliphatic heterocycles. The second kappa shape index (κ2) is 7.46. The maximum absolute atomic E-state index is 12.9. The molecule has 0 aliphatic carbocycles. The summed E-state index contributed by atoms with van der Waals surface area (Å²) in [6.07, 6.45) is 1.05. The minimum Gasteiger partial charge on any atom is -0.312 e. The zero-order valence-electron chi connectivity index (χ0n) is 11.9. The van der Waals surface area contributed by atoms with Gasteiger partial charge in [-0.1, -0.05) is 31.2 Å². The highest BCUT2D eigenvalue weighted by molar-refractivity contribution is 7.99. The highest BCUT2D eigenvalue weighted by Gasteiger charge is 2.10. The average Bonchev–Trinajstić information content (AvgIpc) is 2.50. The molecular weight excluding hydrogens is 269 g/mol. The van der Waals surface area contributed by atoms with Crippen molar-refractivity contribution in [2.24, 2.45) is 0 Å². The van der Waals surface area contributed by atoms with E-state index in [1.807, 2.05) is 19.2 Å². The summed E-state index contributed by atoms with van der Waals surface area (Å²) in [6.45, 7) is 2.17. The Morgan fingerprint density at radius 3 is 2.55 bits per heavy atom. The molecule has 0 saturated heterocycles. The van der Waals surface area contributed by atoms with Crippen LogP contribution in [0, 0.1) is 5.82 Å². The first-order valence-corrected chi connectivity index (χ1v) is 7.86. The predicted octanol–water partition coefficient (Wildman–Crippen LogP) is 4.44. The van der Waals surface area contributed by atoms with Gasteiger partial charge >= 0.3 is 0 Å². The topological polar surface area (TPSA) is 12.0 Å². The van der Waals surface area contributed by atoms with Gasteiger partial charge in [0.15, 0.2) is 0 Å². The van der Waals surface area contributed by atoms with E-state index in [0.717, 1.165) is 17.1 Å². The minimum atomic E-state index is -0.185. The van der Waals surface area contributed by atoms with E-state index in [1.54, 1.807) is 11.8 Å². The molecule has 2 aromatic rings.